The Hall–Kier alpha value is -1.83. The molecule has 0 unspecified atom stereocenters. The summed E-state index contributed by atoms with van der Waals surface area (Å²) in [5.41, 5.74) is 6.07. The molecule has 0 aliphatic heterocycles. The SMILES string of the molecule is CCc1c(C)nc(SCC(=O)NNC(=O)C2CCCCC2)[nH]c1=O. The Kier molecular flexibility index (Phi) is 6.84. The molecule has 1 aliphatic rings. The second-order valence-electron chi connectivity index (χ2n) is 5.95. The van der Waals surface area contributed by atoms with E-state index < -0.39 is 0 Å². The van der Waals surface area contributed by atoms with Gasteiger partial charge < -0.3 is 4.98 Å². The Balaban J connectivity index is 1.79. The van der Waals surface area contributed by atoms with E-state index in [-0.39, 0.29) is 29.0 Å². The van der Waals surface area contributed by atoms with Crippen molar-refractivity contribution in [1.29, 1.82) is 0 Å². The molecule has 1 saturated carbocycles. The number of hydrogen-bond acceptors (Lipinski definition) is 5. The molecule has 3 N–H and O–H groups in total. The van der Waals surface area contributed by atoms with Gasteiger partial charge in [-0.2, -0.15) is 0 Å². The summed E-state index contributed by atoms with van der Waals surface area (Å²) in [4.78, 5) is 42.6. The molecule has 1 aliphatic carbocycles. The zero-order valence-electron chi connectivity index (χ0n) is 14.1. The number of hydrazine groups is 1. The lowest BCUT2D eigenvalue weighted by Crippen LogP contribution is -2.45. The molecule has 2 rings (SSSR count). The minimum absolute atomic E-state index is 0.00559. The molecule has 1 aromatic heterocycles. The highest BCUT2D eigenvalue weighted by Gasteiger charge is 2.21. The van der Waals surface area contributed by atoms with Crippen molar-refractivity contribution >= 4 is 23.6 Å². The van der Waals surface area contributed by atoms with E-state index in [1.807, 2.05) is 6.92 Å². The molecule has 0 bridgehead atoms. The van der Waals surface area contributed by atoms with Crippen LogP contribution in [0.15, 0.2) is 9.95 Å². The highest BCUT2D eigenvalue weighted by molar-refractivity contribution is 7.99. The average Bonchev–Trinajstić information content (AvgIpc) is 2.58. The maximum Gasteiger partial charge on any atom is 0.254 e. The highest BCUT2D eigenvalue weighted by atomic mass is 32.2. The fourth-order valence-corrected chi connectivity index (χ4v) is 3.54. The molecular weight excluding hydrogens is 328 g/mol. The number of thioether (sulfide) groups is 1. The first kappa shape index (κ1) is 18.5. The first-order chi connectivity index (χ1) is 11.5. The summed E-state index contributed by atoms with van der Waals surface area (Å²) in [5.74, 6) is -0.389. The molecule has 0 saturated heterocycles. The van der Waals surface area contributed by atoms with Crippen molar-refractivity contribution in [2.75, 3.05) is 5.75 Å². The van der Waals surface area contributed by atoms with E-state index in [9.17, 15) is 14.4 Å². The molecule has 0 atom stereocenters. The van der Waals surface area contributed by atoms with Gasteiger partial charge in [-0.25, -0.2) is 4.98 Å². The van der Waals surface area contributed by atoms with Crippen LogP contribution in [0.25, 0.3) is 0 Å². The lowest BCUT2D eigenvalue weighted by Gasteiger charge is -2.20. The summed E-state index contributed by atoms with van der Waals surface area (Å²) in [5, 5.41) is 0.406. The molecule has 24 heavy (non-hydrogen) atoms. The number of amides is 2. The van der Waals surface area contributed by atoms with Gasteiger partial charge in [0.25, 0.3) is 5.56 Å². The van der Waals surface area contributed by atoms with Crippen molar-refractivity contribution < 1.29 is 9.59 Å². The van der Waals surface area contributed by atoms with E-state index in [2.05, 4.69) is 20.8 Å². The zero-order chi connectivity index (χ0) is 17.5. The Morgan fingerprint density at radius 3 is 2.58 bits per heavy atom. The number of carbonyl (C=O) groups excluding carboxylic acids is 2. The maximum absolute atomic E-state index is 11.9. The number of nitrogens with one attached hydrogen (secondary N) is 3. The predicted molar refractivity (Wildman–Crippen MR) is 92.6 cm³/mol. The highest BCUT2D eigenvalue weighted by Crippen LogP contribution is 2.23. The number of carbonyl (C=O) groups is 2. The Morgan fingerprint density at radius 2 is 1.96 bits per heavy atom. The second-order valence-corrected chi connectivity index (χ2v) is 6.91. The summed E-state index contributed by atoms with van der Waals surface area (Å²) >= 11 is 1.13. The summed E-state index contributed by atoms with van der Waals surface area (Å²) in [7, 11) is 0. The molecule has 1 heterocycles. The summed E-state index contributed by atoms with van der Waals surface area (Å²) in [6.07, 6.45) is 5.68. The van der Waals surface area contributed by atoms with Crippen molar-refractivity contribution in [2.45, 2.75) is 57.5 Å². The van der Waals surface area contributed by atoms with Crippen LogP contribution in [0.5, 0.6) is 0 Å². The molecule has 7 nitrogen and oxygen atoms in total. The van der Waals surface area contributed by atoms with Crippen LogP contribution in [-0.4, -0.2) is 27.5 Å². The van der Waals surface area contributed by atoms with E-state index in [4.69, 9.17) is 0 Å². The zero-order valence-corrected chi connectivity index (χ0v) is 14.9. The molecule has 2 amide bonds. The quantitative estimate of drug-likeness (QED) is 0.423. The van der Waals surface area contributed by atoms with Gasteiger partial charge in [0.2, 0.25) is 11.8 Å². The fourth-order valence-electron chi connectivity index (χ4n) is 2.84. The number of rotatable bonds is 5. The van der Waals surface area contributed by atoms with Crippen LogP contribution in [0.1, 0.15) is 50.3 Å². The molecule has 0 radical (unpaired) electrons. The lowest BCUT2D eigenvalue weighted by molar-refractivity contribution is -0.131. The van der Waals surface area contributed by atoms with Crippen LogP contribution in [0, 0.1) is 12.8 Å². The number of aromatic nitrogens is 2. The van der Waals surface area contributed by atoms with Gasteiger partial charge >= 0.3 is 0 Å². The standard InChI is InChI=1S/C16H24N4O3S/c1-3-12-10(2)17-16(18-15(12)23)24-9-13(21)19-20-14(22)11-7-5-4-6-8-11/h11H,3-9H2,1-2H3,(H,19,21)(H,20,22)(H,17,18,23). The number of H-pyrrole nitrogens is 1. The van der Waals surface area contributed by atoms with E-state index in [0.29, 0.717) is 22.8 Å². The van der Waals surface area contributed by atoms with Gasteiger partial charge in [0, 0.05) is 17.2 Å². The Bertz CT molecular complexity index is 653. The summed E-state index contributed by atoms with van der Waals surface area (Å²) < 4.78 is 0. The van der Waals surface area contributed by atoms with E-state index in [1.165, 1.54) is 6.42 Å². The topological polar surface area (TPSA) is 104 Å². The van der Waals surface area contributed by atoms with Crippen molar-refractivity contribution in [3.8, 4) is 0 Å². The average molecular weight is 352 g/mol. The molecule has 1 fully saturated rings. The van der Waals surface area contributed by atoms with Gasteiger partial charge in [-0.15, -0.1) is 0 Å². The van der Waals surface area contributed by atoms with Gasteiger partial charge in [-0.05, 0) is 26.2 Å². The Labute approximate surface area is 145 Å². The van der Waals surface area contributed by atoms with Gasteiger partial charge in [-0.3, -0.25) is 25.2 Å². The van der Waals surface area contributed by atoms with Crippen LogP contribution in [-0.2, 0) is 16.0 Å². The first-order valence-electron chi connectivity index (χ1n) is 8.32. The molecule has 0 aromatic carbocycles. The van der Waals surface area contributed by atoms with Gasteiger partial charge in [0.15, 0.2) is 5.16 Å². The van der Waals surface area contributed by atoms with Crippen LogP contribution >= 0.6 is 11.8 Å². The normalized spacial score (nSPS) is 15.1. The van der Waals surface area contributed by atoms with Gasteiger partial charge in [0.1, 0.15) is 0 Å². The smallest absolute Gasteiger partial charge is 0.254 e. The van der Waals surface area contributed by atoms with Crippen LogP contribution in [0.3, 0.4) is 0 Å². The van der Waals surface area contributed by atoms with Gasteiger partial charge in [0.05, 0.1) is 5.75 Å². The lowest BCUT2D eigenvalue weighted by atomic mass is 9.89. The summed E-state index contributed by atoms with van der Waals surface area (Å²) in [6, 6.07) is 0. The van der Waals surface area contributed by atoms with Crippen molar-refractivity contribution in [1.82, 2.24) is 20.8 Å². The molecule has 132 valence electrons. The summed E-state index contributed by atoms with van der Waals surface area (Å²) in [6.45, 7) is 3.68. The third-order valence-electron chi connectivity index (χ3n) is 4.20. The number of hydrogen-bond donors (Lipinski definition) is 3. The van der Waals surface area contributed by atoms with Crippen molar-refractivity contribution in [3.63, 3.8) is 0 Å². The second kappa shape index (κ2) is 8.86. The fraction of sp³-hybridized carbons (Fsp3) is 0.625. The Morgan fingerprint density at radius 1 is 1.25 bits per heavy atom. The van der Waals surface area contributed by atoms with Crippen LogP contribution < -0.4 is 16.4 Å². The molecular formula is C16H24N4O3S. The predicted octanol–water partition coefficient (Wildman–Crippen LogP) is 1.46. The van der Waals surface area contributed by atoms with E-state index >= 15 is 0 Å². The van der Waals surface area contributed by atoms with Crippen LogP contribution in [0.2, 0.25) is 0 Å². The van der Waals surface area contributed by atoms with E-state index in [1.54, 1.807) is 6.92 Å². The van der Waals surface area contributed by atoms with Crippen molar-refractivity contribution in [3.05, 3.63) is 21.6 Å². The van der Waals surface area contributed by atoms with Crippen molar-refractivity contribution in [2.24, 2.45) is 5.92 Å². The number of aromatic amines is 1. The van der Waals surface area contributed by atoms with Gasteiger partial charge in [-0.1, -0.05) is 37.9 Å². The minimum atomic E-state index is -0.330. The monoisotopic (exact) mass is 352 g/mol. The third-order valence-corrected chi connectivity index (χ3v) is 5.07. The largest absolute Gasteiger partial charge is 0.301 e. The van der Waals surface area contributed by atoms with E-state index in [0.717, 1.165) is 37.4 Å². The first-order valence-corrected chi connectivity index (χ1v) is 9.31. The van der Waals surface area contributed by atoms with Crippen LogP contribution in [0.4, 0.5) is 0 Å². The number of aryl methyl sites for hydroxylation is 1. The third kappa shape index (κ3) is 5.09. The molecule has 8 heteroatoms. The number of nitrogens with zero attached hydrogens (tertiary/aromatic N) is 1. The molecule has 0 spiro atoms. The maximum atomic E-state index is 11.9. The minimum Gasteiger partial charge on any atom is -0.301 e. The molecule has 1 aromatic rings.